The second kappa shape index (κ2) is 7.61. The van der Waals surface area contributed by atoms with E-state index in [0.29, 0.717) is 22.6 Å². The van der Waals surface area contributed by atoms with Crippen LogP contribution in [0.5, 0.6) is 11.5 Å². The zero-order valence-electron chi connectivity index (χ0n) is 12.2. The number of benzene rings is 2. The molecule has 0 saturated heterocycles. The molecular weight excluding hydrogens is 296 g/mol. The summed E-state index contributed by atoms with van der Waals surface area (Å²) in [5.41, 5.74) is 0.777. The van der Waals surface area contributed by atoms with Crippen LogP contribution in [0.15, 0.2) is 74.2 Å². The number of hydrogen-bond acceptors (Lipinski definition) is 5. The summed E-state index contributed by atoms with van der Waals surface area (Å²) in [7, 11) is 0. The molecule has 116 valence electrons. The van der Waals surface area contributed by atoms with Crippen LogP contribution < -0.4 is 4.74 Å². The SMILES string of the molecule is C=COC(=O)c1ccc(Oc2ccc(C(=O)OC=C)cc2)cc1. The summed E-state index contributed by atoms with van der Waals surface area (Å²) in [4.78, 5) is 23.0. The van der Waals surface area contributed by atoms with Crippen LogP contribution in [0.4, 0.5) is 0 Å². The highest BCUT2D eigenvalue weighted by Crippen LogP contribution is 2.22. The van der Waals surface area contributed by atoms with Crippen LogP contribution in [-0.2, 0) is 9.47 Å². The minimum Gasteiger partial charge on any atom is -0.457 e. The highest BCUT2D eigenvalue weighted by atomic mass is 16.5. The first-order chi connectivity index (χ1) is 11.1. The van der Waals surface area contributed by atoms with Crippen LogP contribution in [0.2, 0.25) is 0 Å². The van der Waals surface area contributed by atoms with Crippen LogP contribution >= 0.6 is 0 Å². The second-order valence-corrected chi connectivity index (χ2v) is 4.29. The Kier molecular flexibility index (Phi) is 5.30. The summed E-state index contributed by atoms with van der Waals surface area (Å²) in [6, 6.07) is 12.9. The molecule has 0 spiro atoms. The standard InChI is InChI=1S/C18H14O5/c1-3-21-17(19)13-5-9-15(10-6-13)23-16-11-7-14(8-12-16)18(20)22-4-2/h3-12H,1-2H2. The Morgan fingerprint density at radius 3 is 1.35 bits per heavy atom. The summed E-state index contributed by atoms with van der Waals surface area (Å²) in [6.07, 6.45) is 2.15. The molecule has 0 atom stereocenters. The zero-order chi connectivity index (χ0) is 16.7. The van der Waals surface area contributed by atoms with Gasteiger partial charge in [-0.3, -0.25) is 0 Å². The average Bonchev–Trinajstić information content (AvgIpc) is 2.56. The van der Waals surface area contributed by atoms with E-state index in [4.69, 9.17) is 4.74 Å². The number of carbonyl (C=O) groups is 2. The van der Waals surface area contributed by atoms with E-state index < -0.39 is 11.9 Å². The van der Waals surface area contributed by atoms with Crippen molar-refractivity contribution in [2.45, 2.75) is 0 Å². The van der Waals surface area contributed by atoms with Crippen LogP contribution in [0.25, 0.3) is 0 Å². The summed E-state index contributed by atoms with van der Waals surface area (Å²) >= 11 is 0. The molecule has 2 aromatic rings. The Hall–Kier alpha value is -3.34. The lowest BCUT2D eigenvalue weighted by molar-refractivity contribution is 0.0654. The lowest BCUT2D eigenvalue weighted by Gasteiger charge is -2.07. The molecule has 2 aromatic carbocycles. The fraction of sp³-hybridized carbons (Fsp3) is 0. The first-order valence-corrected chi connectivity index (χ1v) is 6.66. The third kappa shape index (κ3) is 4.31. The van der Waals surface area contributed by atoms with E-state index in [1.54, 1.807) is 48.5 Å². The number of esters is 2. The van der Waals surface area contributed by atoms with E-state index in [2.05, 4.69) is 22.6 Å². The Balaban J connectivity index is 2.04. The Morgan fingerprint density at radius 1 is 0.696 bits per heavy atom. The molecule has 0 aliphatic heterocycles. The Labute approximate surface area is 133 Å². The smallest absolute Gasteiger partial charge is 0.342 e. The van der Waals surface area contributed by atoms with Crippen molar-refractivity contribution in [3.8, 4) is 11.5 Å². The molecule has 0 fully saturated rings. The van der Waals surface area contributed by atoms with Gasteiger partial charge in [0.25, 0.3) is 0 Å². The van der Waals surface area contributed by atoms with Gasteiger partial charge in [0.05, 0.1) is 23.7 Å². The number of carbonyl (C=O) groups excluding carboxylic acids is 2. The van der Waals surface area contributed by atoms with Crippen molar-refractivity contribution in [3.05, 3.63) is 85.3 Å². The van der Waals surface area contributed by atoms with Crippen molar-refractivity contribution in [3.63, 3.8) is 0 Å². The summed E-state index contributed by atoms with van der Waals surface area (Å²) in [5.74, 6) is 0.108. The van der Waals surface area contributed by atoms with E-state index in [1.165, 1.54) is 0 Å². The topological polar surface area (TPSA) is 61.8 Å². The average molecular weight is 310 g/mol. The highest BCUT2D eigenvalue weighted by Gasteiger charge is 2.07. The van der Waals surface area contributed by atoms with Crippen LogP contribution in [0.1, 0.15) is 20.7 Å². The predicted molar refractivity (Wildman–Crippen MR) is 84.2 cm³/mol. The summed E-state index contributed by atoms with van der Waals surface area (Å²) < 4.78 is 15.0. The van der Waals surface area contributed by atoms with Gasteiger partial charge in [0.2, 0.25) is 0 Å². The van der Waals surface area contributed by atoms with Gasteiger partial charge in [-0.2, -0.15) is 0 Å². The van der Waals surface area contributed by atoms with Gasteiger partial charge in [0.1, 0.15) is 11.5 Å². The lowest BCUT2D eigenvalue weighted by atomic mass is 10.2. The van der Waals surface area contributed by atoms with Crippen molar-refractivity contribution < 1.29 is 23.8 Å². The summed E-state index contributed by atoms with van der Waals surface area (Å²) in [6.45, 7) is 6.65. The van der Waals surface area contributed by atoms with E-state index >= 15 is 0 Å². The molecule has 2 rings (SSSR count). The van der Waals surface area contributed by atoms with Gasteiger partial charge in [-0.15, -0.1) is 0 Å². The van der Waals surface area contributed by atoms with Crippen molar-refractivity contribution in [1.29, 1.82) is 0 Å². The van der Waals surface area contributed by atoms with E-state index in [1.807, 2.05) is 0 Å². The van der Waals surface area contributed by atoms with Crippen LogP contribution in [0.3, 0.4) is 0 Å². The molecule has 0 saturated carbocycles. The van der Waals surface area contributed by atoms with E-state index in [0.717, 1.165) is 12.5 Å². The molecular formula is C18H14O5. The monoisotopic (exact) mass is 310 g/mol. The van der Waals surface area contributed by atoms with Crippen molar-refractivity contribution >= 4 is 11.9 Å². The Bertz CT molecular complexity index is 651. The molecule has 0 aromatic heterocycles. The largest absolute Gasteiger partial charge is 0.457 e. The molecule has 5 heteroatoms. The molecule has 0 radical (unpaired) electrons. The van der Waals surface area contributed by atoms with Gasteiger partial charge < -0.3 is 14.2 Å². The lowest BCUT2D eigenvalue weighted by Crippen LogP contribution is -2.00. The normalized spacial score (nSPS) is 9.57. The van der Waals surface area contributed by atoms with Crippen molar-refractivity contribution in [2.24, 2.45) is 0 Å². The maximum atomic E-state index is 11.5. The van der Waals surface area contributed by atoms with Gasteiger partial charge in [-0.1, -0.05) is 13.2 Å². The molecule has 0 amide bonds. The quantitative estimate of drug-likeness (QED) is 0.594. The third-order valence-corrected chi connectivity index (χ3v) is 2.80. The number of ether oxygens (including phenoxy) is 3. The van der Waals surface area contributed by atoms with Crippen LogP contribution in [0, 0.1) is 0 Å². The molecule has 0 bridgehead atoms. The fourth-order valence-corrected chi connectivity index (χ4v) is 1.74. The molecule has 23 heavy (non-hydrogen) atoms. The molecule has 5 nitrogen and oxygen atoms in total. The second-order valence-electron chi connectivity index (χ2n) is 4.29. The summed E-state index contributed by atoms with van der Waals surface area (Å²) in [5, 5.41) is 0. The maximum absolute atomic E-state index is 11.5. The van der Waals surface area contributed by atoms with E-state index in [9.17, 15) is 9.59 Å². The first-order valence-electron chi connectivity index (χ1n) is 6.66. The van der Waals surface area contributed by atoms with Gasteiger partial charge in [0.15, 0.2) is 0 Å². The van der Waals surface area contributed by atoms with Gasteiger partial charge in [0, 0.05) is 0 Å². The zero-order valence-corrected chi connectivity index (χ0v) is 12.2. The van der Waals surface area contributed by atoms with Gasteiger partial charge in [-0.05, 0) is 48.5 Å². The predicted octanol–water partition coefficient (Wildman–Crippen LogP) is 4.08. The molecule has 0 unspecified atom stereocenters. The minimum atomic E-state index is -0.489. The molecule has 0 N–H and O–H groups in total. The van der Waals surface area contributed by atoms with Gasteiger partial charge >= 0.3 is 11.9 Å². The molecule has 0 heterocycles. The van der Waals surface area contributed by atoms with Crippen molar-refractivity contribution in [1.82, 2.24) is 0 Å². The molecule has 0 aliphatic carbocycles. The Morgan fingerprint density at radius 2 is 1.04 bits per heavy atom. The minimum absolute atomic E-state index is 0.389. The fourth-order valence-electron chi connectivity index (χ4n) is 1.74. The highest BCUT2D eigenvalue weighted by molar-refractivity contribution is 5.90. The van der Waals surface area contributed by atoms with Crippen LogP contribution in [-0.4, -0.2) is 11.9 Å². The van der Waals surface area contributed by atoms with E-state index in [-0.39, 0.29) is 0 Å². The first kappa shape index (κ1) is 16.0. The van der Waals surface area contributed by atoms with Gasteiger partial charge in [-0.25, -0.2) is 9.59 Å². The molecule has 0 aliphatic rings. The third-order valence-electron chi connectivity index (χ3n) is 2.80. The number of hydrogen-bond donors (Lipinski definition) is 0. The number of rotatable bonds is 6. The maximum Gasteiger partial charge on any atom is 0.342 e. The van der Waals surface area contributed by atoms with Crippen molar-refractivity contribution in [2.75, 3.05) is 0 Å².